The van der Waals surface area contributed by atoms with Crippen LogP contribution in [0.3, 0.4) is 0 Å². The van der Waals surface area contributed by atoms with Crippen molar-refractivity contribution in [3.8, 4) is 0 Å². The number of amides is 2. The zero-order chi connectivity index (χ0) is 16.9. The molecule has 0 radical (unpaired) electrons. The van der Waals surface area contributed by atoms with Gasteiger partial charge in [-0.1, -0.05) is 12.1 Å². The van der Waals surface area contributed by atoms with Gasteiger partial charge in [0.25, 0.3) is 5.91 Å². The minimum Gasteiger partial charge on any atom is -0.326 e. The van der Waals surface area contributed by atoms with Crippen LogP contribution in [0.4, 0.5) is 11.4 Å². The molecule has 0 atom stereocenters. The van der Waals surface area contributed by atoms with E-state index in [2.05, 4.69) is 10.6 Å². The van der Waals surface area contributed by atoms with Crippen LogP contribution in [0.15, 0.2) is 48.5 Å². The zero-order valence-corrected chi connectivity index (χ0v) is 14.9. The number of carbonyl (C=O) groups is 2. The summed E-state index contributed by atoms with van der Waals surface area (Å²) in [5.41, 5.74) is 3.30. The van der Waals surface area contributed by atoms with Gasteiger partial charge in [0, 0.05) is 35.4 Å². The highest BCUT2D eigenvalue weighted by Gasteiger charge is 2.18. The smallest absolute Gasteiger partial charge is 0.255 e. The molecule has 4 nitrogen and oxygen atoms in total. The third kappa shape index (κ3) is 4.33. The Morgan fingerprint density at radius 1 is 0.875 bits per heavy atom. The summed E-state index contributed by atoms with van der Waals surface area (Å²) in [6, 6.07) is 14.9. The van der Waals surface area contributed by atoms with Gasteiger partial charge in [-0.3, -0.25) is 9.59 Å². The first-order valence-corrected chi connectivity index (χ1v) is 9.74. The molecule has 1 aliphatic rings. The number of carbonyl (C=O) groups excluding carboxylic acids is 2. The van der Waals surface area contributed by atoms with Gasteiger partial charge in [0.15, 0.2) is 0 Å². The second kappa shape index (κ2) is 7.77. The maximum absolute atomic E-state index is 12.3. The molecule has 1 aliphatic heterocycles. The van der Waals surface area contributed by atoms with E-state index in [9.17, 15) is 9.59 Å². The molecule has 1 saturated heterocycles. The molecule has 0 bridgehead atoms. The summed E-state index contributed by atoms with van der Waals surface area (Å²) in [5.74, 6) is 2.11. The van der Waals surface area contributed by atoms with Gasteiger partial charge in [-0.15, -0.1) is 23.5 Å². The van der Waals surface area contributed by atoms with Crippen LogP contribution in [0.1, 0.15) is 27.4 Å². The van der Waals surface area contributed by atoms with Crippen LogP contribution >= 0.6 is 23.5 Å². The van der Waals surface area contributed by atoms with Gasteiger partial charge in [-0.05, 0) is 42.0 Å². The van der Waals surface area contributed by atoms with Gasteiger partial charge in [0.05, 0.1) is 4.58 Å². The van der Waals surface area contributed by atoms with Crippen LogP contribution < -0.4 is 10.6 Å². The highest BCUT2D eigenvalue weighted by molar-refractivity contribution is 8.19. The van der Waals surface area contributed by atoms with Crippen LogP contribution in [-0.4, -0.2) is 23.3 Å². The molecule has 124 valence electrons. The third-order valence-corrected chi connectivity index (χ3v) is 6.63. The van der Waals surface area contributed by atoms with Gasteiger partial charge in [-0.25, -0.2) is 0 Å². The van der Waals surface area contributed by atoms with E-state index in [0.717, 1.165) is 0 Å². The third-order valence-electron chi connectivity index (χ3n) is 3.53. The van der Waals surface area contributed by atoms with Crippen molar-refractivity contribution < 1.29 is 9.59 Å². The molecule has 2 amide bonds. The van der Waals surface area contributed by atoms with Crippen molar-refractivity contribution in [3.05, 3.63) is 59.7 Å². The molecule has 0 aromatic heterocycles. The number of anilines is 2. The van der Waals surface area contributed by atoms with Crippen molar-refractivity contribution >= 4 is 46.7 Å². The van der Waals surface area contributed by atoms with Gasteiger partial charge in [0.2, 0.25) is 5.91 Å². The molecule has 3 rings (SSSR count). The Kier molecular flexibility index (Phi) is 5.48. The standard InChI is InChI=1S/C18H18N2O2S2/c1-12(21)19-15-6-8-16(9-7-15)20-17(22)13-2-4-14(5-3-13)18-23-10-11-24-18/h2-9,18H,10-11H2,1H3,(H,19,21)(H,20,22). The predicted octanol–water partition coefficient (Wildman–Crippen LogP) is 4.38. The minimum absolute atomic E-state index is 0.120. The highest BCUT2D eigenvalue weighted by Crippen LogP contribution is 2.45. The van der Waals surface area contributed by atoms with Crippen molar-refractivity contribution in [2.45, 2.75) is 11.5 Å². The Balaban J connectivity index is 1.62. The lowest BCUT2D eigenvalue weighted by Crippen LogP contribution is -2.12. The van der Waals surface area contributed by atoms with Gasteiger partial charge in [-0.2, -0.15) is 0 Å². The van der Waals surface area contributed by atoms with E-state index in [-0.39, 0.29) is 11.8 Å². The second-order valence-corrected chi connectivity index (χ2v) is 8.13. The van der Waals surface area contributed by atoms with E-state index in [4.69, 9.17) is 0 Å². The van der Waals surface area contributed by atoms with Gasteiger partial charge in [0.1, 0.15) is 0 Å². The fourth-order valence-corrected chi connectivity index (χ4v) is 5.25. The normalized spacial score (nSPS) is 14.4. The van der Waals surface area contributed by atoms with E-state index in [1.54, 1.807) is 24.3 Å². The molecule has 1 fully saturated rings. The van der Waals surface area contributed by atoms with Crippen molar-refractivity contribution in [2.24, 2.45) is 0 Å². The Morgan fingerprint density at radius 2 is 1.42 bits per heavy atom. The van der Waals surface area contributed by atoms with Crippen molar-refractivity contribution in [2.75, 3.05) is 22.1 Å². The zero-order valence-electron chi connectivity index (χ0n) is 13.2. The Labute approximate surface area is 149 Å². The Hall–Kier alpha value is -1.92. The van der Waals surface area contributed by atoms with Gasteiger partial charge >= 0.3 is 0 Å². The molecule has 1 heterocycles. The van der Waals surface area contributed by atoms with E-state index in [1.165, 1.54) is 24.0 Å². The van der Waals surface area contributed by atoms with Gasteiger partial charge < -0.3 is 10.6 Å². The first kappa shape index (κ1) is 16.9. The lowest BCUT2D eigenvalue weighted by atomic mass is 10.1. The Bertz CT molecular complexity index is 724. The first-order valence-electron chi connectivity index (χ1n) is 7.64. The van der Waals surface area contributed by atoms with Crippen LogP contribution in [0.25, 0.3) is 0 Å². The monoisotopic (exact) mass is 358 g/mol. The van der Waals surface area contributed by atoms with Crippen LogP contribution in [-0.2, 0) is 4.79 Å². The maximum atomic E-state index is 12.3. The fourth-order valence-electron chi connectivity index (χ4n) is 2.39. The Morgan fingerprint density at radius 3 is 1.96 bits per heavy atom. The summed E-state index contributed by atoms with van der Waals surface area (Å²) in [5, 5.41) is 5.56. The van der Waals surface area contributed by atoms with E-state index >= 15 is 0 Å². The number of thioether (sulfide) groups is 2. The molecule has 2 aromatic carbocycles. The lowest BCUT2D eigenvalue weighted by molar-refractivity contribution is -0.114. The molecular weight excluding hydrogens is 340 g/mol. The highest BCUT2D eigenvalue weighted by atomic mass is 32.2. The molecular formula is C18H18N2O2S2. The predicted molar refractivity (Wildman–Crippen MR) is 103 cm³/mol. The number of rotatable bonds is 4. The van der Waals surface area contributed by atoms with E-state index in [0.29, 0.717) is 21.5 Å². The summed E-state index contributed by atoms with van der Waals surface area (Å²) < 4.78 is 0.489. The summed E-state index contributed by atoms with van der Waals surface area (Å²) in [4.78, 5) is 23.3. The molecule has 6 heteroatoms. The fraction of sp³-hybridized carbons (Fsp3) is 0.222. The summed E-state index contributed by atoms with van der Waals surface area (Å²) in [6.45, 7) is 1.46. The van der Waals surface area contributed by atoms with Crippen molar-refractivity contribution in [1.29, 1.82) is 0 Å². The molecule has 24 heavy (non-hydrogen) atoms. The van der Waals surface area contributed by atoms with E-state index < -0.39 is 0 Å². The number of hydrogen-bond donors (Lipinski definition) is 2. The molecule has 0 saturated carbocycles. The molecule has 0 spiro atoms. The SMILES string of the molecule is CC(=O)Nc1ccc(NC(=O)c2ccc(C3SCCS3)cc2)cc1. The average Bonchev–Trinajstić information content (AvgIpc) is 3.11. The van der Waals surface area contributed by atoms with Crippen LogP contribution in [0, 0.1) is 0 Å². The molecule has 0 aliphatic carbocycles. The van der Waals surface area contributed by atoms with Crippen LogP contribution in [0.2, 0.25) is 0 Å². The molecule has 2 aromatic rings. The summed E-state index contributed by atoms with van der Waals surface area (Å²) in [7, 11) is 0. The summed E-state index contributed by atoms with van der Waals surface area (Å²) >= 11 is 3.90. The molecule has 2 N–H and O–H groups in total. The number of nitrogens with one attached hydrogen (secondary N) is 2. The number of benzene rings is 2. The van der Waals surface area contributed by atoms with Crippen LogP contribution in [0.5, 0.6) is 0 Å². The largest absolute Gasteiger partial charge is 0.326 e. The van der Waals surface area contributed by atoms with E-state index in [1.807, 2.05) is 47.8 Å². The number of hydrogen-bond acceptors (Lipinski definition) is 4. The lowest BCUT2D eigenvalue weighted by Gasteiger charge is -2.10. The quantitative estimate of drug-likeness (QED) is 0.852. The summed E-state index contributed by atoms with van der Waals surface area (Å²) in [6.07, 6.45) is 0. The second-order valence-electron chi connectivity index (χ2n) is 5.41. The average molecular weight is 358 g/mol. The van der Waals surface area contributed by atoms with Crippen molar-refractivity contribution in [1.82, 2.24) is 0 Å². The first-order chi connectivity index (χ1) is 11.6. The maximum Gasteiger partial charge on any atom is 0.255 e. The topological polar surface area (TPSA) is 58.2 Å². The van der Waals surface area contributed by atoms with Crippen molar-refractivity contribution in [3.63, 3.8) is 0 Å². The minimum atomic E-state index is -0.138. The molecule has 0 unspecified atom stereocenters.